The van der Waals surface area contributed by atoms with E-state index in [-0.39, 0.29) is 12.0 Å². The van der Waals surface area contributed by atoms with Crippen molar-refractivity contribution in [2.45, 2.75) is 51.3 Å². The molecule has 3 aliphatic carbocycles. The molecule has 6 heteroatoms. The Kier molecular flexibility index (Phi) is 2.84. The molecule has 0 saturated heterocycles. The number of esters is 1. The van der Waals surface area contributed by atoms with E-state index in [2.05, 4.69) is 19.6 Å². The number of carbonyl (C=O) groups is 1. The Balaban J connectivity index is 1.97. The zero-order chi connectivity index (χ0) is 15.8. The number of hydrogen-bond donors (Lipinski definition) is 0. The topological polar surface area (TPSA) is 26.3 Å². The molecule has 3 unspecified atom stereocenters. The first-order valence-corrected chi connectivity index (χ1v) is 11.1. The maximum atomic E-state index is 13.7. The average molecular weight is 318 g/mol. The van der Waals surface area contributed by atoms with E-state index in [9.17, 15) is 18.0 Å². The van der Waals surface area contributed by atoms with Gasteiger partial charge in [0.25, 0.3) is 0 Å². The highest BCUT2D eigenvalue weighted by atomic mass is 28.3. The summed E-state index contributed by atoms with van der Waals surface area (Å²) in [5.74, 6) is -1.07. The van der Waals surface area contributed by atoms with Gasteiger partial charge in [-0.3, -0.25) is 4.79 Å². The van der Waals surface area contributed by atoms with Gasteiger partial charge in [-0.1, -0.05) is 31.8 Å². The van der Waals surface area contributed by atoms with Gasteiger partial charge in [0.05, 0.1) is 5.41 Å². The van der Waals surface area contributed by atoms with E-state index >= 15 is 0 Å². The lowest BCUT2D eigenvalue weighted by atomic mass is 9.86. The van der Waals surface area contributed by atoms with Crippen LogP contribution in [0.2, 0.25) is 25.7 Å². The van der Waals surface area contributed by atoms with Crippen molar-refractivity contribution in [3.8, 4) is 0 Å². The molecule has 0 aromatic carbocycles. The van der Waals surface area contributed by atoms with Crippen LogP contribution < -0.4 is 0 Å². The highest BCUT2D eigenvalue weighted by Crippen LogP contribution is 2.89. The smallest absolute Gasteiger partial charge is 0.398 e. The van der Waals surface area contributed by atoms with Crippen LogP contribution in [-0.2, 0) is 9.53 Å². The van der Waals surface area contributed by atoms with Crippen molar-refractivity contribution in [1.82, 2.24) is 0 Å². The van der Waals surface area contributed by atoms with Gasteiger partial charge in [-0.15, -0.1) is 0 Å². The predicted molar refractivity (Wildman–Crippen MR) is 75.4 cm³/mol. The van der Waals surface area contributed by atoms with Crippen molar-refractivity contribution in [3.05, 3.63) is 12.2 Å². The summed E-state index contributed by atoms with van der Waals surface area (Å²) in [6, 6.07) is 0.639. The lowest BCUT2D eigenvalue weighted by Gasteiger charge is -2.33. The molecule has 0 aliphatic heterocycles. The molecule has 0 bridgehead atoms. The van der Waals surface area contributed by atoms with Crippen molar-refractivity contribution >= 4 is 14.0 Å². The minimum absolute atomic E-state index is 0.264. The molecule has 0 spiro atoms. The number of hydrogen-bond acceptors (Lipinski definition) is 2. The van der Waals surface area contributed by atoms with Gasteiger partial charge < -0.3 is 4.74 Å². The van der Waals surface area contributed by atoms with Crippen LogP contribution in [0.25, 0.3) is 0 Å². The summed E-state index contributed by atoms with van der Waals surface area (Å²) in [6.45, 7) is 7.66. The fourth-order valence-electron chi connectivity index (χ4n) is 5.26. The molecule has 0 aromatic heterocycles. The first-order chi connectivity index (χ1) is 9.46. The van der Waals surface area contributed by atoms with E-state index < -0.39 is 37.0 Å². The third-order valence-corrected chi connectivity index (χ3v) is 7.14. The summed E-state index contributed by atoms with van der Waals surface area (Å²) in [7, 11) is -1.67. The second kappa shape index (κ2) is 3.94. The molecular weight excluding hydrogens is 297 g/mol. The number of alkyl halides is 3. The monoisotopic (exact) mass is 318 g/mol. The molecule has 2 nitrogen and oxygen atoms in total. The standard InChI is InChI=1S/C15H21F3O2Si/c1-9(19)20-11-7-12-13(8-21(2,3)4)10(11)5-6-14(12,13)15(16,17)18/h5-6,10-12H,7-8H2,1-4H3/t10?,11-,12?,13-,14?/m0/s1. The zero-order valence-corrected chi connectivity index (χ0v) is 13.8. The fourth-order valence-corrected chi connectivity index (χ4v) is 7.79. The Labute approximate surface area is 123 Å². The van der Waals surface area contributed by atoms with Crippen LogP contribution in [0.1, 0.15) is 13.3 Å². The molecular formula is C15H21F3O2Si. The van der Waals surface area contributed by atoms with Gasteiger partial charge in [-0.25, -0.2) is 0 Å². The Bertz CT molecular complexity index is 522. The lowest BCUT2D eigenvalue weighted by molar-refractivity contribution is -0.190. The van der Waals surface area contributed by atoms with Crippen LogP contribution in [0.15, 0.2) is 12.2 Å². The van der Waals surface area contributed by atoms with Gasteiger partial charge in [-0.05, 0) is 23.8 Å². The van der Waals surface area contributed by atoms with Crippen LogP contribution in [-0.4, -0.2) is 26.3 Å². The largest absolute Gasteiger partial charge is 0.462 e. The summed E-state index contributed by atoms with van der Waals surface area (Å²) >= 11 is 0. The van der Waals surface area contributed by atoms with Crippen molar-refractivity contribution in [3.63, 3.8) is 0 Å². The minimum atomic E-state index is -4.20. The number of carbonyl (C=O) groups excluding carboxylic acids is 1. The highest BCUT2D eigenvalue weighted by molar-refractivity contribution is 6.76. The van der Waals surface area contributed by atoms with E-state index in [0.29, 0.717) is 12.5 Å². The number of fused-ring (bicyclic) bond motifs is 1. The van der Waals surface area contributed by atoms with Crippen molar-refractivity contribution in [2.24, 2.45) is 22.7 Å². The van der Waals surface area contributed by atoms with Gasteiger partial charge >= 0.3 is 12.1 Å². The Morgan fingerprint density at radius 2 is 2.00 bits per heavy atom. The van der Waals surface area contributed by atoms with E-state index in [4.69, 9.17) is 4.74 Å². The van der Waals surface area contributed by atoms with Gasteiger partial charge in [0, 0.05) is 20.9 Å². The van der Waals surface area contributed by atoms with E-state index in [1.54, 1.807) is 6.08 Å². The molecule has 0 heterocycles. The Morgan fingerprint density at radius 1 is 1.38 bits per heavy atom. The van der Waals surface area contributed by atoms with E-state index in [1.807, 2.05) is 0 Å². The summed E-state index contributed by atoms with van der Waals surface area (Å²) in [5, 5.41) is 0. The number of rotatable bonds is 3. The zero-order valence-electron chi connectivity index (χ0n) is 12.8. The minimum Gasteiger partial charge on any atom is -0.462 e. The molecule has 0 radical (unpaired) electrons. The van der Waals surface area contributed by atoms with Gasteiger partial charge in [0.1, 0.15) is 6.10 Å². The van der Waals surface area contributed by atoms with E-state index in [1.165, 1.54) is 13.0 Å². The van der Waals surface area contributed by atoms with Crippen molar-refractivity contribution in [2.75, 3.05) is 0 Å². The molecule has 2 fully saturated rings. The number of halogens is 3. The molecule has 0 aromatic rings. The summed E-state index contributed by atoms with van der Waals surface area (Å²) in [4.78, 5) is 11.2. The van der Waals surface area contributed by atoms with Gasteiger partial charge in [-0.2, -0.15) is 13.2 Å². The third-order valence-electron chi connectivity index (χ3n) is 5.50. The maximum absolute atomic E-state index is 13.7. The van der Waals surface area contributed by atoms with Crippen molar-refractivity contribution < 1.29 is 22.7 Å². The molecule has 3 rings (SSSR count). The summed E-state index contributed by atoms with van der Waals surface area (Å²) in [6.07, 6.45) is -1.18. The number of allylic oxidation sites excluding steroid dienone is 1. The molecule has 0 amide bonds. The average Bonchev–Trinajstić information content (AvgIpc) is 2.51. The normalized spacial score (nSPS) is 43.9. The maximum Gasteiger partial charge on any atom is 0.398 e. The first kappa shape index (κ1) is 15.1. The van der Waals surface area contributed by atoms with E-state index in [0.717, 1.165) is 0 Å². The van der Waals surface area contributed by atoms with Crippen LogP contribution >= 0.6 is 0 Å². The highest BCUT2D eigenvalue weighted by Gasteiger charge is 2.92. The molecule has 5 atom stereocenters. The quantitative estimate of drug-likeness (QED) is 0.446. The van der Waals surface area contributed by atoms with Crippen LogP contribution in [0, 0.1) is 22.7 Å². The van der Waals surface area contributed by atoms with Crippen LogP contribution in [0.4, 0.5) is 13.2 Å². The van der Waals surface area contributed by atoms with Crippen molar-refractivity contribution in [1.29, 1.82) is 0 Å². The lowest BCUT2D eigenvalue weighted by Crippen LogP contribution is -2.38. The second-order valence-corrected chi connectivity index (χ2v) is 13.4. The van der Waals surface area contributed by atoms with Gasteiger partial charge in [0.15, 0.2) is 0 Å². The molecule has 0 N–H and O–H groups in total. The van der Waals surface area contributed by atoms with Crippen LogP contribution in [0.3, 0.4) is 0 Å². The Hall–Kier alpha value is -0.783. The fraction of sp³-hybridized carbons (Fsp3) is 0.800. The third kappa shape index (κ3) is 1.74. The molecule has 3 aliphatic rings. The molecule has 118 valence electrons. The van der Waals surface area contributed by atoms with Gasteiger partial charge in [0.2, 0.25) is 0 Å². The first-order valence-electron chi connectivity index (χ1n) is 7.39. The molecule has 21 heavy (non-hydrogen) atoms. The predicted octanol–water partition coefficient (Wildman–Crippen LogP) is 4.01. The van der Waals surface area contributed by atoms with Crippen LogP contribution in [0.5, 0.6) is 0 Å². The number of ether oxygens (including phenoxy) is 1. The summed E-state index contributed by atoms with van der Waals surface area (Å²) in [5.41, 5.74) is -2.39. The second-order valence-electron chi connectivity index (χ2n) is 7.97. The SMILES string of the molecule is CC(=O)O[C@H]1CC2C3(C(F)(F)F)C=CC1[C@@]23C[Si](C)(C)C. The Morgan fingerprint density at radius 3 is 2.48 bits per heavy atom. The molecule has 2 saturated carbocycles. The summed E-state index contributed by atoms with van der Waals surface area (Å²) < 4.78 is 46.4.